The molecule has 3 rings (SSSR count). The van der Waals surface area contributed by atoms with Crippen molar-refractivity contribution in [1.82, 2.24) is 4.90 Å². The van der Waals surface area contributed by atoms with E-state index in [0.29, 0.717) is 23.9 Å². The normalized spacial score (nSPS) is 28.7. The van der Waals surface area contributed by atoms with E-state index in [2.05, 4.69) is 24.1 Å². The van der Waals surface area contributed by atoms with E-state index in [0.717, 1.165) is 25.9 Å². The van der Waals surface area contributed by atoms with Crippen LogP contribution in [0.1, 0.15) is 33.1 Å². The zero-order valence-corrected chi connectivity index (χ0v) is 19.9. The lowest BCUT2D eigenvalue weighted by molar-refractivity contribution is -0.301. The number of nitrogens with zero attached hydrogens (tertiary/aromatic N) is 1. The summed E-state index contributed by atoms with van der Waals surface area (Å²) in [6.45, 7) is 6.12. The van der Waals surface area contributed by atoms with Gasteiger partial charge in [-0.05, 0) is 51.9 Å². The number of anilines is 1. The number of hydrogen-bond donors (Lipinski definition) is 5. The molecule has 2 aliphatic heterocycles. The third kappa shape index (κ3) is 6.88. The lowest BCUT2D eigenvalue weighted by Gasteiger charge is -2.39. The van der Waals surface area contributed by atoms with Crippen molar-refractivity contribution < 1.29 is 39.4 Å². The monoisotopic (exact) mass is 482 g/mol. The van der Waals surface area contributed by atoms with Gasteiger partial charge >= 0.3 is 0 Å². The number of hydrogen-bond acceptors (Lipinski definition) is 9. The van der Waals surface area contributed by atoms with Crippen LogP contribution in [0.3, 0.4) is 0 Å². The number of piperidine rings is 1. The van der Waals surface area contributed by atoms with Crippen LogP contribution < -0.4 is 10.1 Å². The molecule has 0 aliphatic carbocycles. The van der Waals surface area contributed by atoms with Crippen molar-refractivity contribution in [3.63, 3.8) is 0 Å². The lowest BCUT2D eigenvalue weighted by Crippen LogP contribution is -2.59. The van der Waals surface area contributed by atoms with Crippen molar-refractivity contribution in [3.05, 3.63) is 24.3 Å². The first-order chi connectivity index (χ1) is 16.3. The standard InChI is InChI=1S/C24H38N2O8/c1-15(2)26-10-8-16(9-11-26)23(31)25-17-6-3-4-7-18(17)32-12-5-13-33-24-22(30)21(29)20(28)19(14-27)34-24/h3-4,6-7,15-16,19-22,24,27-30H,5,8-14H2,1-2H3,(H,25,31)/t19-,20-,21+,22-,24-/m1/s1. The molecule has 10 heteroatoms. The highest BCUT2D eigenvalue weighted by atomic mass is 16.7. The minimum Gasteiger partial charge on any atom is -0.491 e. The summed E-state index contributed by atoms with van der Waals surface area (Å²) in [5, 5.41) is 41.9. The van der Waals surface area contributed by atoms with E-state index >= 15 is 0 Å². The Labute approximate surface area is 200 Å². The second kappa shape index (κ2) is 12.8. The maximum Gasteiger partial charge on any atom is 0.227 e. The Bertz CT molecular complexity index is 769. The van der Waals surface area contributed by atoms with Gasteiger partial charge in [-0.1, -0.05) is 12.1 Å². The Kier molecular flexibility index (Phi) is 10.1. The van der Waals surface area contributed by atoms with E-state index in [-0.39, 0.29) is 25.0 Å². The molecule has 1 amide bonds. The second-order valence-electron chi connectivity index (χ2n) is 9.16. The molecule has 2 heterocycles. The molecule has 192 valence electrons. The summed E-state index contributed by atoms with van der Waals surface area (Å²) in [6, 6.07) is 7.75. The Hall–Kier alpha value is -1.79. The summed E-state index contributed by atoms with van der Waals surface area (Å²) in [7, 11) is 0. The molecule has 34 heavy (non-hydrogen) atoms. The molecule has 1 aromatic rings. The molecule has 0 radical (unpaired) electrons. The van der Waals surface area contributed by atoms with E-state index in [9.17, 15) is 25.2 Å². The number of likely N-dealkylation sites (tertiary alicyclic amines) is 1. The first-order valence-corrected chi connectivity index (χ1v) is 12.0. The quantitative estimate of drug-likeness (QED) is 0.298. The molecule has 0 aromatic heterocycles. The third-order valence-corrected chi connectivity index (χ3v) is 6.45. The average molecular weight is 483 g/mol. The highest BCUT2D eigenvalue weighted by Gasteiger charge is 2.43. The smallest absolute Gasteiger partial charge is 0.227 e. The lowest BCUT2D eigenvalue weighted by atomic mass is 9.95. The Morgan fingerprint density at radius 3 is 2.50 bits per heavy atom. The SMILES string of the molecule is CC(C)N1CCC(C(=O)Nc2ccccc2OCCCO[C@@H]2O[C@H](CO)[C@@H](O)[C@H](O)[C@H]2O)CC1. The van der Waals surface area contributed by atoms with Gasteiger partial charge in [0.15, 0.2) is 6.29 Å². The number of para-hydroxylation sites is 2. The van der Waals surface area contributed by atoms with Crippen LogP contribution in [0.15, 0.2) is 24.3 Å². The van der Waals surface area contributed by atoms with Gasteiger partial charge in [-0.2, -0.15) is 0 Å². The zero-order valence-electron chi connectivity index (χ0n) is 19.9. The molecule has 5 N–H and O–H groups in total. The molecular formula is C24H38N2O8. The molecule has 0 spiro atoms. The van der Waals surface area contributed by atoms with Crippen LogP contribution in [-0.4, -0.2) is 101 Å². The predicted octanol–water partition coefficient (Wildman–Crippen LogP) is 0.331. The Morgan fingerprint density at radius 2 is 1.82 bits per heavy atom. The maximum atomic E-state index is 12.8. The number of nitrogens with one attached hydrogen (secondary N) is 1. The van der Waals surface area contributed by atoms with Gasteiger partial charge < -0.3 is 44.9 Å². The fourth-order valence-electron chi connectivity index (χ4n) is 4.25. The summed E-state index contributed by atoms with van der Waals surface area (Å²) >= 11 is 0. The van der Waals surface area contributed by atoms with Crippen LogP contribution in [0.4, 0.5) is 5.69 Å². The van der Waals surface area contributed by atoms with Crippen molar-refractivity contribution >= 4 is 11.6 Å². The molecule has 5 atom stereocenters. The molecular weight excluding hydrogens is 444 g/mol. The number of aliphatic hydroxyl groups is 4. The van der Waals surface area contributed by atoms with E-state index in [1.165, 1.54) is 0 Å². The van der Waals surface area contributed by atoms with Gasteiger partial charge in [0, 0.05) is 18.4 Å². The van der Waals surface area contributed by atoms with Crippen molar-refractivity contribution in [1.29, 1.82) is 0 Å². The van der Waals surface area contributed by atoms with Crippen LogP contribution in [-0.2, 0) is 14.3 Å². The number of benzene rings is 1. The van der Waals surface area contributed by atoms with Crippen molar-refractivity contribution in [2.75, 3.05) is 38.2 Å². The minimum absolute atomic E-state index is 0.00501. The van der Waals surface area contributed by atoms with Gasteiger partial charge in [-0.15, -0.1) is 0 Å². The molecule has 2 fully saturated rings. The van der Waals surface area contributed by atoms with Crippen molar-refractivity contribution in [2.45, 2.75) is 69.9 Å². The third-order valence-electron chi connectivity index (χ3n) is 6.45. The predicted molar refractivity (Wildman–Crippen MR) is 124 cm³/mol. The topological polar surface area (TPSA) is 141 Å². The van der Waals surface area contributed by atoms with Crippen LogP contribution >= 0.6 is 0 Å². The molecule has 10 nitrogen and oxygen atoms in total. The molecule has 2 saturated heterocycles. The van der Waals surface area contributed by atoms with E-state index < -0.39 is 37.3 Å². The maximum absolute atomic E-state index is 12.8. The van der Waals surface area contributed by atoms with Crippen LogP contribution in [0, 0.1) is 5.92 Å². The summed E-state index contributed by atoms with van der Waals surface area (Å²) in [5.74, 6) is 0.545. The average Bonchev–Trinajstić information content (AvgIpc) is 2.84. The largest absolute Gasteiger partial charge is 0.491 e. The van der Waals surface area contributed by atoms with Crippen LogP contribution in [0.2, 0.25) is 0 Å². The number of carbonyl (C=O) groups is 1. The number of amides is 1. The summed E-state index contributed by atoms with van der Waals surface area (Å²) in [6.07, 6.45) is -4.37. The van der Waals surface area contributed by atoms with Gasteiger partial charge in [-0.3, -0.25) is 4.79 Å². The zero-order chi connectivity index (χ0) is 24.7. The van der Waals surface area contributed by atoms with Gasteiger partial charge in [0.05, 0.1) is 25.5 Å². The van der Waals surface area contributed by atoms with Crippen LogP contribution in [0.25, 0.3) is 0 Å². The molecule has 0 bridgehead atoms. The fraction of sp³-hybridized carbons (Fsp3) is 0.708. The van der Waals surface area contributed by atoms with Crippen molar-refractivity contribution in [2.24, 2.45) is 5.92 Å². The molecule has 2 aliphatic rings. The minimum atomic E-state index is -1.47. The Morgan fingerprint density at radius 1 is 1.12 bits per heavy atom. The highest BCUT2D eigenvalue weighted by molar-refractivity contribution is 5.94. The fourth-order valence-corrected chi connectivity index (χ4v) is 4.25. The summed E-state index contributed by atoms with van der Waals surface area (Å²) in [5.41, 5.74) is 0.619. The van der Waals surface area contributed by atoms with Gasteiger partial charge in [0.1, 0.15) is 30.2 Å². The Balaban J connectivity index is 1.43. The highest BCUT2D eigenvalue weighted by Crippen LogP contribution is 2.27. The van der Waals surface area contributed by atoms with Gasteiger partial charge in [0.2, 0.25) is 5.91 Å². The summed E-state index contributed by atoms with van der Waals surface area (Å²) in [4.78, 5) is 15.2. The summed E-state index contributed by atoms with van der Waals surface area (Å²) < 4.78 is 16.6. The molecule has 1 aromatic carbocycles. The van der Waals surface area contributed by atoms with E-state index in [1.807, 2.05) is 12.1 Å². The molecule has 0 saturated carbocycles. The van der Waals surface area contributed by atoms with Crippen molar-refractivity contribution in [3.8, 4) is 5.75 Å². The number of aliphatic hydroxyl groups excluding tert-OH is 4. The van der Waals surface area contributed by atoms with Gasteiger partial charge in [-0.25, -0.2) is 0 Å². The second-order valence-corrected chi connectivity index (χ2v) is 9.16. The van der Waals surface area contributed by atoms with Crippen LogP contribution in [0.5, 0.6) is 5.75 Å². The first kappa shape index (κ1) is 26.8. The molecule has 0 unspecified atom stereocenters. The number of ether oxygens (including phenoxy) is 3. The first-order valence-electron chi connectivity index (χ1n) is 12.0. The van der Waals surface area contributed by atoms with Gasteiger partial charge in [0.25, 0.3) is 0 Å². The number of rotatable bonds is 10. The number of carbonyl (C=O) groups excluding carboxylic acids is 1. The van der Waals surface area contributed by atoms with E-state index in [4.69, 9.17) is 14.2 Å². The van der Waals surface area contributed by atoms with E-state index in [1.54, 1.807) is 12.1 Å².